The van der Waals surface area contributed by atoms with E-state index in [9.17, 15) is 9.59 Å². The molecule has 4 N–H and O–H groups in total. The smallest absolute Gasteiger partial charge is 0.315 e. The Labute approximate surface area is 111 Å². The molecule has 0 fully saturated rings. The van der Waals surface area contributed by atoms with Crippen molar-refractivity contribution < 1.29 is 14.7 Å². The molecular formula is C11H19N5O3. The number of carboxylic acids is 1. The van der Waals surface area contributed by atoms with E-state index in [1.54, 1.807) is 0 Å². The summed E-state index contributed by atoms with van der Waals surface area (Å²) in [6.07, 6.45) is 1.85. The minimum absolute atomic E-state index is 0.0520. The second kappa shape index (κ2) is 7.34. The number of carboxylic acid groups (broad SMARTS) is 1. The van der Waals surface area contributed by atoms with E-state index in [1.165, 1.54) is 6.33 Å². The number of rotatable bonds is 7. The van der Waals surface area contributed by atoms with E-state index in [0.29, 0.717) is 18.8 Å². The number of nitrogens with one attached hydrogen (secondary N) is 3. The highest BCUT2D eigenvalue weighted by molar-refractivity contribution is 5.75. The van der Waals surface area contributed by atoms with Crippen molar-refractivity contribution in [1.29, 1.82) is 0 Å². The molecule has 0 spiro atoms. The molecule has 8 nitrogen and oxygen atoms in total. The molecule has 1 rings (SSSR count). The highest BCUT2D eigenvalue weighted by Crippen LogP contribution is 2.05. The standard InChI is InChI=1S/C11H19N5O3/c1-7(2)8(5-10(17)18)15-11(19)12-4-3-9-13-6-14-16-9/h6-8H,3-5H2,1-2H3,(H,17,18)(H2,12,15,19)(H,13,14,16). The number of nitrogens with zero attached hydrogens (tertiary/aromatic N) is 2. The van der Waals surface area contributed by atoms with Gasteiger partial charge < -0.3 is 15.7 Å². The first kappa shape index (κ1) is 14.9. The van der Waals surface area contributed by atoms with Crippen molar-refractivity contribution in [3.8, 4) is 0 Å². The van der Waals surface area contributed by atoms with Crippen molar-refractivity contribution >= 4 is 12.0 Å². The Hall–Kier alpha value is -2.12. The third-order valence-corrected chi connectivity index (χ3v) is 2.63. The van der Waals surface area contributed by atoms with Gasteiger partial charge >= 0.3 is 12.0 Å². The summed E-state index contributed by atoms with van der Waals surface area (Å²) in [4.78, 5) is 26.2. The van der Waals surface area contributed by atoms with Crippen LogP contribution < -0.4 is 10.6 Å². The number of H-pyrrole nitrogens is 1. The third-order valence-electron chi connectivity index (χ3n) is 2.63. The summed E-state index contributed by atoms with van der Waals surface area (Å²) in [6, 6.07) is -0.762. The molecule has 1 atom stereocenters. The second-order valence-electron chi connectivity index (χ2n) is 4.53. The molecular weight excluding hydrogens is 250 g/mol. The molecule has 0 aromatic carbocycles. The Bertz CT molecular complexity index is 404. The predicted octanol–water partition coefficient (Wildman–Crippen LogP) is 0.146. The molecule has 8 heteroatoms. The molecule has 0 aliphatic rings. The van der Waals surface area contributed by atoms with Gasteiger partial charge in [0.25, 0.3) is 0 Å². The number of aromatic nitrogens is 3. The molecule has 19 heavy (non-hydrogen) atoms. The summed E-state index contributed by atoms with van der Waals surface area (Å²) in [5, 5.41) is 20.4. The van der Waals surface area contributed by atoms with Gasteiger partial charge in [0.05, 0.1) is 6.42 Å². The van der Waals surface area contributed by atoms with Gasteiger partial charge in [0.2, 0.25) is 0 Å². The average molecular weight is 269 g/mol. The molecule has 1 unspecified atom stereocenters. The van der Waals surface area contributed by atoms with Crippen LogP contribution in [0.5, 0.6) is 0 Å². The van der Waals surface area contributed by atoms with Gasteiger partial charge in [-0.05, 0) is 5.92 Å². The quantitative estimate of drug-likeness (QED) is 0.561. The summed E-state index contributed by atoms with van der Waals surface area (Å²) < 4.78 is 0. The molecule has 1 heterocycles. The van der Waals surface area contributed by atoms with Crippen LogP contribution in [0.1, 0.15) is 26.1 Å². The first-order chi connectivity index (χ1) is 8.99. The summed E-state index contributed by atoms with van der Waals surface area (Å²) in [5.74, 6) is -0.192. The fourth-order valence-electron chi connectivity index (χ4n) is 1.51. The van der Waals surface area contributed by atoms with Crippen molar-refractivity contribution in [2.24, 2.45) is 5.92 Å². The number of carbonyl (C=O) groups excluding carboxylic acids is 1. The number of carbonyl (C=O) groups is 2. The topological polar surface area (TPSA) is 120 Å². The monoisotopic (exact) mass is 269 g/mol. The SMILES string of the molecule is CC(C)C(CC(=O)O)NC(=O)NCCc1ncn[nH]1. The van der Waals surface area contributed by atoms with Crippen LogP contribution in [0.25, 0.3) is 0 Å². The Kier molecular flexibility index (Phi) is 5.77. The van der Waals surface area contributed by atoms with E-state index in [4.69, 9.17) is 5.11 Å². The fraction of sp³-hybridized carbons (Fsp3) is 0.636. The van der Waals surface area contributed by atoms with Gasteiger partial charge in [-0.3, -0.25) is 9.89 Å². The highest BCUT2D eigenvalue weighted by atomic mass is 16.4. The second-order valence-corrected chi connectivity index (χ2v) is 4.53. The maximum Gasteiger partial charge on any atom is 0.315 e. The zero-order valence-electron chi connectivity index (χ0n) is 11.0. The van der Waals surface area contributed by atoms with Crippen LogP contribution in [0.2, 0.25) is 0 Å². The first-order valence-corrected chi connectivity index (χ1v) is 6.09. The van der Waals surface area contributed by atoms with E-state index >= 15 is 0 Å². The molecule has 0 radical (unpaired) electrons. The molecule has 106 valence electrons. The van der Waals surface area contributed by atoms with E-state index in [1.807, 2.05) is 13.8 Å². The lowest BCUT2D eigenvalue weighted by atomic mass is 10.0. The Morgan fingerprint density at radius 2 is 2.21 bits per heavy atom. The first-order valence-electron chi connectivity index (χ1n) is 6.09. The Morgan fingerprint density at radius 1 is 1.47 bits per heavy atom. The van der Waals surface area contributed by atoms with E-state index in [2.05, 4.69) is 25.8 Å². The lowest BCUT2D eigenvalue weighted by molar-refractivity contribution is -0.137. The van der Waals surface area contributed by atoms with Crippen LogP contribution in [0, 0.1) is 5.92 Å². The Morgan fingerprint density at radius 3 is 2.74 bits per heavy atom. The number of urea groups is 1. The van der Waals surface area contributed by atoms with Crippen molar-refractivity contribution in [1.82, 2.24) is 25.8 Å². The molecule has 0 aliphatic carbocycles. The van der Waals surface area contributed by atoms with E-state index in [0.717, 1.165) is 0 Å². The molecule has 0 aliphatic heterocycles. The maximum absolute atomic E-state index is 11.6. The number of amides is 2. The average Bonchev–Trinajstić information content (AvgIpc) is 2.80. The van der Waals surface area contributed by atoms with Crippen LogP contribution >= 0.6 is 0 Å². The molecule has 0 saturated heterocycles. The van der Waals surface area contributed by atoms with Gasteiger partial charge in [-0.15, -0.1) is 0 Å². The minimum Gasteiger partial charge on any atom is -0.481 e. The molecule has 2 amide bonds. The highest BCUT2D eigenvalue weighted by Gasteiger charge is 2.19. The third kappa shape index (κ3) is 5.84. The summed E-state index contributed by atoms with van der Waals surface area (Å²) in [5.41, 5.74) is 0. The summed E-state index contributed by atoms with van der Waals surface area (Å²) in [7, 11) is 0. The Balaban J connectivity index is 2.29. The van der Waals surface area contributed by atoms with Gasteiger partial charge in [0, 0.05) is 19.0 Å². The van der Waals surface area contributed by atoms with Gasteiger partial charge in [0.1, 0.15) is 12.2 Å². The van der Waals surface area contributed by atoms with Crippen molar-refractivity contribution in [2.75, 3.05) is 6.54 Å². The van der Waals surface area contributed by atoms with Gasteiger partial charge in [-0.25, -0.2) is 9.78 Å². The zero-order valence-corrected chi connectivity index (χ0v) is 11.0. The van der Waals surface area contributed by atoms with Crippen LogP contribution in [0.3, 0.4) is 0 Å². The van der Waals surface area contributed by atoms with Crippen molar-refractivity contribution in [3.63, 3.8) is 0 Å². The molecule has 0 bridgehead atoms. The minimum atomic E-state index is -0.930. The van der Waals surface area contributed by atoms with Crippen LogP contribution in [0.4, 0.5) is 4.79 Å². The summed E-state index contributed by atoms with van der Waals surface area (Å²) >= 11 is 0. The lowest BCUT2D eigenvalue weighted by Gasteiger charge is -2.20. The number of hydrogen-bond acceptors (Lipinski definition) is 4. The maximum atomic E-state index is 11.6. The van der Waals surface area contributed by atoms with Gasteiger partial charge in [-0.1, -0.05) is 13.8 Å². The van der Waals surface area contributed by atoms with Crippen molar-refractivity contribution in [2.45, 2.75) is 32.7 Å². The normalized spacial score (nSPS) is 12.2. The number of aliphatic carboxylic acids is 1. The van der Waals surface area contributed by atoms with Crippen LogP contribution in [-0.2, 0) is 11.2 Å². The number of aromatic amines is 1. The zero-order chi connectivity index (χ0) is 14.3. The predicted molar refractivity (Wildman–Crippen MR) is 67.5 cm³/mol. The molecule has 0 saturated carbocycles. The van der Waals surface area contributed by atoms with Gasteiger partial charge in [-0.2, -0.15) is 5.10 Å². The molecule has 1 aromatic heterocycles. The number of hydrogen-bond donors (Lipinski definition) is 4. The van der Waals surface area contributed by atoms with Crippen LogP contribution in [-0.4, -0.2) is 44.9 Å². The van der Waals surface area contributed by atoms with E-state index < -0.39 is 5.97 Å². The van der Waals surface area contributed by atoms with E-state index in [-0.39, 0.29) is 24.4 Å². The fourth-order valence-corrected chi connectivity index (χ4v) is 1.51. The van der Waals surface area contributed by atoms with Crippen LogP contribution in [0.15, 0.2) is 6.33 Å². The molecule has 1 aromatic rings. The lowest BCUT2D eigenvalue weighted by Crippen LogP contribution is -2.45. The van der Waals surface area contributed by atoms with Gasteiger partial charge in [0.15, 0.2) is 0 Å². The largest absolute Gasteiger partial charge is 0.481 e. The van der Waals surface area contributed by atoms with Crippen molar-refractivity contribution in [3.05, 3.63) is 12.2 Å². The summed E-state index contributed by atoms with van der Waals surface area (Å²) in [6.45, 7) is 4.13.